The Morgan fingerprint density at radius 3 is 2.32 bits per heavy atom. The zero-order valence-electron chi connectivity index (χ0n) is 22.7. The molecule has 0 radical (unpaired) electrons. The molecule has 5 aromatic carbocycles. The van der Waals surface area contributed by atoms with Gasteiger partial charge in [0, 0.05) is 17.5 Å². The maximum Gasteiger partial charge on any atom is 0.239 e. The van der Waals surface area contributed by atoms with E-state index in [2.05, 4.69) is 55.5 Å². The van der Waals surface area contributed by atoms with Crippen molar-refractivity contribution in [2.75, 3.05) is 4.90 Å². The van der Waals surface area contributed by atoms with E-state index in [9.17, 15) is 9.59 Å². The van der Waals surface area contributed by atoms with Gasteiger partial charge >= 0.3 is 0 Å². The van der Waals surface area contributed by atoms with Crippen LogP contribution in [0.15, 0.2) is 120 Å². The first-order valence-electron chi connectivity index (χ1n) is 14.3. The second kappa shape index (κ2) is 8.84. The number of rotatable bonds is 4. The van der Waals surface area contributed by atoms with Crippen LogP contribution in [-0.4, -0.2) is 18.0 Å². The summed E-state index contributed by atoms with van der Waals surface area (Å²) in [5.41, 5.74) is 6.04. The van der Waals surface area contributed by atoms with Crippen LogP contribution in [0, 0.1) is 11.8 Å². The van der Waals surface area contributed by atoms with Gasteiger partial charge in [0.15, 0.2) is 0 Å². The molecule has 0 aromatic heterocycles. The highest BCUT2D eigenvalue weighted by molar-refractivity contribution is 6.27. The standard InChI is InChI=1S/C37H28N2O2/c1-2-23-14-20-27(21-15-23)38-22-37-26-18-16-25(17-19-26)32(29-11-5-6-12-30(29)37)33-34(37)36(41)39(35(33)40)31-13-7-9-24-8-3-4-10-28(24)31/h3-22,32-34H,2H2,1H3/t32-,33-,34+,37+/m0/s1. The smallest absolute Gasteiger partial charge is 0.239 e. The summed E-state index contributed by atoms with van der Waals surface area (Å²) in [7, 11) is 0. The maximum atomic E-state index is 14.8. The maximum absolute atomic E-state index is 14.8. The van der Waals surface area contributed by atoms with Gasteiger partial charge in [-0.15, -0.1) is 0 Å². The highest BCUT2D eigenvalue weighted by atomic mass is 16.2. The molecule has 0 unspecified atom stereocenters. The van der Waals surface area contributed by atoms with Gasteiger partial charge < -0.3 is 0 Å². The number of amides is 2. The Balaban J connectivity index is 1.39. The second-order valence-corrected chi connectivity index (χ2v) is 11.3. The van der Waals surface area contributed by atoms with Gasteiger partial charge in [-0.2, -0.15) is 0 Å². The lowest BCUT2D eigenvalue weighted by molar-refractivity contribution is -0.122. The third-order valence-electron chi connectivity index (χ3n) is 9.46. The first-order valence-corrected chi connectivity index (χ1v) is 14.3. The van der Waals surface area contributed by atoms with E-state index in [0.29, 0.717) is 5.69 Å². The molecule has 1 heterocycles. The molecule has 5 aliphatic carbocycles. The molecule has 0 spiro atoms. The van der Waals surface area contributed by atoms with Crippen molar-refractivity contribution in [1.29, 1.82) is 0 Å². The molecular weight excluding hydrogens is 504 g/mol. The Morgan fingerprint density at radius 1 is 0.780 bits per heavy atom. The Labute approximate surface area is 239 Å². The molecule has 0 saturated carbocycles. The molecule has 6 aliphatic rings. The average molecular weight is 533 g/mol. The van der Waals surface area contributed by atoms with Crippen LogP contribution in [0.3, 0.4) is 0 Å². The second-order valence-electron chi connectivity index (χ2n) is 11.3. The lowest BCUT2D eigenvalue weighted by Crippen LogP contribution is -2.51. The van der Waals surface area contributed by atoms with Gasteiger partial charge in [0.1, 0.15) is 0 Å². The van der Waals surface area contributed by atoms with Gasteiger partial charge in [0.2, 0.25) is 11.8 Å². The number of nitrogens with zero attached hydrogens (tertiary/aromatic N) is 2. The quantitative estimate of drug-likeness (QED) is 0.179. The lowest BCUT2D eigenvalue weighted by Gasteiger charge is -2.48. The van der Waals surface area contributed by atoms with E-state index >= 15 is 0 Å². The number of aryl methyl sites for hydroxylation is 1. The Morgan fingerprint density at radius 2 is 1.51 bits per heavy atom. The van der Waals surface area contributed by atoms with E-state index in [1.807, 2.05) is 72.9 Å². The molecule has 4 bridgehead atoms. The number of anilines is 1. The molecule has 198 valence electrons. The minimum Gasteiger partial charge on any atom is -0.274 e. The summed E-state index contributed by atoms with van der Waals surface area (Å²) in [6.07, 6.45) is 2.91. The van der Waals surface area contributed by atoms with Crippen LogP contribution >= 0.6 is 0 Å². The fraction of sp³-hybridized carbons (Fsp3) is 0.162. The molecule has 1 aliphatic heterocycles. The van der Waals surface area contributed by atoms with Gasteiger partial charge in [-0.3, -0.25) is 14.6 Å². The predicted molar refractivity (Wildman–Crippen MR) is 163 cm³/mol. The van der Waals surface area contributed by atoms with Crippen LogP contribution in [0.25, 0.3) is 10.8 Å². The van der Waals surface area contributed by atoms with Crippen molar-refractivity contribution in [3.63, 3.8) is 0 Å². The van der Waals surface area contributed by atoms with E-state index in [0.717, 1.165) is 45.1 Å². The minimum atomic E-state index is -0.897. The van der Waals surface area contributed by atoms with Crippen molar-refractivity contribution >= 4 is 40.2 Å². The number of imide groups is 1. The van der Waals surface area contributed by atoms with Crippen LogP contribution in [0.5, 0.6) is 0 Å². The van der Waals surface area contributed by atoms with Crippen molar-refractivity contribution in [3.8, 4) is 0 Å². The number of hydrogen-bond acceptors (Lipinski definition) is 3. The van der Waals surface area contributed by atoms with E-state index in [1.54, 1.807) is 0 Å². The molecule has 1 fully saturated rings. The van der Waals surface area contributed by atoms with Gasteiger partial charge in [-0.05, 0) is 57.8 Å². The first kappa shape index (κ1) is 24.0. The minimum absolute atomic E-state index is 0.136. The summed E-state index contributed by atoms with van der Waals surface area (Å²) >= 11 is 0. The summed E-state index contributed by atoms with van der Waals surface area (Å²) in [6, 6.07) is 38.8. The van der Waals surface area contributed by atoms with E-state index in [1.165, 1.54) is 10.5 Å². The third-order valence-corrected chi connectivity index (χ3v) is 9.46. The van der Waals surface area contributed by atoms with E-state index in [4.69, 9.17) is 4.99 Å². The molecule has 2 amide bonds. The summed E-state index contributed by atoms with van der Waals surface area (Å²) in [5.74, 6) is -1.67. The van der Waals surface area contributed by atoms with Gasteiger partial charge in [0.05, 0.1) is 28.6 Å². The summed E-state index contributed by atoms with van der Waals surface area (Å²) in [5, 5.41) is 1.90. The van der Waals surface area contributed by atoms with Crippen LogP contribution in [0.2, 0.25) is 0 Å². The van der Waals surface area contributed by atoms with Crippen LogP contribution < -0.4 is 4.90 Å². The van der Waals surface area contributed by atoms with Crippen molar-refractivity contribution in [1.82, 2.24) is 0 Å². The molecular formula is C37H28N2O2. The average Bonchev–Trinajstić information content (AvgIpc) is 3.27. The van der Waals surface area contributed by atoms with E-state index < -0.39 is 17.3 Å². The van der Waals surface area contributed by atoms with Gasteiger partial charge in [-0.25, -0.2) is 4.90 Å². The number of carbonyl (C=O) groups excluding carboxylic acids is 2. The number of carbonyl (C=O) groups is 2. The zero-order chi connectivity index (χ0) is 27.7. The molecule has 1 saturated heterocycles. The molecule has 11 rings (SSSR count). The summed E-state index contributed by atoms with van der Waals surface area (Å²) < 4.78 is 0. The third kappa shape index (κ3) is 3.25. The first-order chi connectivity index (χ1) is 20.1. The van der Waals surface area contributed by atoms with Crippen molar-refractivity contribution in [2.24, 2.45) is 16.8 Å². The molecule has 4 atom stereocenters. The molecule has 5 aromatic rings. The summed E-state index contributed by atoms with van der Waals surface area (Å²) in [6.45, 7) is 2.13. The van der Waals surface area contributed by atoms with Crippen LogP contribution in [0.4, 0.5) is 11.4 Å². The summed E-state index contributed by atoms with van der Waals surface area (Å²) in [4.78, 5) is 35.9. The highest BCUT2D eigenvalue weighted by Crippen LogP contribution is 2.60. The van der Waals surface area contributed by atoms with Crippen LogP contribution in [-0.2, 0) is 21.4 Å². The monoisotopic (exact) mass is 532 g/mol. The fourth-order valence-corrected chi connectivity index (χ4v) is 7.56. The van der Waals surface area contributed by atoms with Gasteiger partial charge in [0.25, 0.3) is 0 Å². The topological polar surface area (TPSA) is 49.7 Å². The van der Waals surface area contributed by atoms with Gasteiger partial charge in [-0.1, -0.05) is 104 Å². The lowest BCUT2D eigenvalue weighted by atomic mass is 9.52. The largest absolute Gasteiger partial charge is 0.274 e. The van der Waals surface area contributed by atoms with Crippen molar-refractivity contribution < 1.29 is 9.59 Å². The Kier molecular flexibility index (Phi) is 5.17. The van der Waals surface area contributed by atoms with Crippen LogP contribution in [0.1, 0.15) is 40.7 Å². The fourth-order valence-electron chi connectivity index (χ4n) is 7.56. The number of hydrogen-bond donors (Lipinski definition) is 0. The Bertz CT molecular complexity index is 1880. The van der Waals surface area contributed by atoms with Crippen molar-refractivity contribution in [3.05, 3.63) is 143 Å². The normalized spacial score (nSPS) is 24.1. The molecule has 0 N–H and O–H groups in total. The number of aliphatic imine (C=N–C) groups is 1. The number of fused-ring (bicyclic) bond motifs is 1. The molecule has 4 nitrogen and oxygen atoms in total. The van der Waals surface area contributed by atoms with E-state index in [-0.39, 0.29) is 17.7 Å². The SMILES string of the molecule is CCc1ccc(N=C[C@@]23c4ccc(cc4)[C@@H](c4ccccc42)[C@@H]2C(=O)N(c4cccc5ccccc45)C(=O)[C@@H]23)cc1. The predicted octanol–water partition coefficient (Wildman–Crippen LogP) is 7.36. The zero-order valence-corrected chi connectivity index (χ0v) is 22.7. The Hall–Kier alpha value is -4.83. The highest BCUT2D eigenvalue weighted by Gasteiger charge is 2.65. The number of benzene rings is 5. The van der Waals surface area contributed by atoms with Crippen molar-refractivity contribution in [2.45, 2.75) is 24.7 Å². The molecule has 41 heavy (non-hydrogen) atoms. The molecule has 4 heteroatoms.